The molecule has 1 saturated heterocycles. The van der Waals surface area contributed by atoms with Crippen LogP contribution < -0.4 is 10.6 Å². The van der Waals surface area contributed by atoms with Crippen molar-refractivity contribution in [3.05, 3.63) is 11.7 Å². The van der Waals surface area contributed by atoms with Gasteiger partial charge in [0, 0.05) is 32.0 Å². The van der Waals surface area contributed by atoms with E-state index >= 15 is 0 Å². The van der Waals surface area contributed by atoms with Gasteiger partial charge in [-0.05, 0) is 19.8 Å². The van der Waals surface area contributed by atoms with Crippen molar-refractivity contribution >= 4 is 5.91 Å². The lowest BCUT2D eigenvalue weighted by molar-refractivity contribution is -0.121. The van der Waals surface area contributed by atoms with Crippen LogP contribution in [0.1, 0.15) is 31.0 Å². The van der Waals surface area contributed by atoms with Crippen LogP contribution in [0.15, 0.2) is 4.52 Å². The highest BCUT2D eigenvalue weighted by molar-refractivity contribution is 5.76. The molecule has 6 heteroatoms. The van der Waals surface area contributed by atoms with E-state index in [0.29, 0.717) is 24.6 Å². The number of carbonyl (C=O) groups is 1. The van der Waals surface area contributed by atoms with Gasteiger partial charge >= 0.3 is 0 Å². The van der Waals surface area contributed by atoms with Gasteiger partial charge in [0.05, 0.1) is 0 Å². The van der Waals surface area contributed by atoms with Gasteiger partial charge in [-0.3, -0.25) is 4.79 Å². The summed E-state index contributed by atoms with van der Waals surface area (Å²) in [5.74, 6) is 1.44. The molecule has 2 heterocycles. The predicted octanol–water partition coefficient (Wildman–Crippen LogP) is 0.179. The van der Waals surface area contributed by atoms with Crippen LogP contribution in [0.4, 0.5) is 0 Å². The molecular weight excluding hydrogens is 220 g/mol. The van der Waals surface area contributed by atoms with Gasteiger partial charge in [-0.2, -0.15) is 4.98 Å². The Labute approximate surface area is 100 Å². The summed E-state index contributed by atoms with van der Waals surface area (Å²) >= 11 is 0. The zero-order chi connectivity index (χ0) is 12.1. The molecule has 2 N–H and O–H groups in total. The molecular formula is C11H18N4O2. The Kier molecular flexibility index (Phi) is 4.08. The average Bonchev–Trinajstić information content (AvgIpc) is 2.58. The van der Waals surface area contributed by atoms with Crippen LogP contribution in [0.5, 0.6) is 0 Å². The lowest BCUT2D eigenvalue weighted by atomic mass is 10.1. The summed E-state index contributed by atoms with van der Waals surface area (Å²) in [6, 6.07) is 0.265. The van der Waals surface area contributed by atoms with Crippen molar-refractivity contribution in [3.8, 4) is 0 Å². The van der Waals surface area contributed by atoms with Crippen LogP contribution in [0, 0.1) is 6.92 Å². The number of rotatable bonds is 4. The minimum Gasteiger partial charge on any atom is -0.356 e. The molecule has 6 nitrogen and oxygen atoms in total. The van der Waals surface area contributed by atoms with E-state index in [2.05, 4.69) is 20.8 Å². The van der Waals surface area contributed by atoms with E-state index in [1.54, 1.807) is 6.92 Å². The molecule has 0 aliphatic carbocycles. The summed E-state index contributed by atoms with van der Waals surface area (Å²) in [5.41, 5.74) is 0. The Morgan fingerprint density at radius 1 is 1.59 bits per heavy atom. The fourth-order valence-electron chi connectivity index (χ4n) is 1.97. The second kappa shape index (κ2) is 5.77. The van der Waals surface area contributed by atoms with Crippen LogP contribution in [0.2, 0.25) is 0 Å². The first-order chi connectivity index (χ1) is 8.24. The van der Waals surface area contributed by atoms with Crippen LogP contribution in [0.25, 0.3) is 0 Å². The molecule has 1 aromatic rings. The second-order valence-corrected chi connectivity index (χ2v) is 4.33. The molecule has 1 aliphatic heterocycles. The maximum atomic E-state index is 11.3. The summed E-state index contributed by atoms with van der Waals surface area (Å²) in [7, 11) is 0. The Balaban J connectivity index is 1.72. The Bertz CT molecular complexity index is 377. The van der Waals surface area contributed by atoms with E-state index in [1.165, 1.54) is 0 Å². The van der Waals surface area contributed by atoms with Crippen LogP contribution >= 0.6 is 0 Å². The number of nitrogens with one attached hydrogen (secondary N) is 2. The van der Waals surface area contributed by atoms with Crippen molar-refractivity contribution in [2.24, 2.45) is 0 Å². The molecule has 94 valence electrons. The highest BCUT2D eigenvalue weighted by atomic mass is 16.5. The van der Waals surface area contributed by atoms with Gasteiger partial charge in [0.15, 0.2) is 5.82 Å². The minimum absolute atomic E-state index is 0.133. The normalized spacial score (nSPS) is 21.0. The van der Waals surface area contributed by atoms with Gasteiger partial charge in [-0.25, -0.2) is 0 Å². The Morgan fingerprint density at radius 2 is 2.47 bits per heavy atom. The lowest BCUT2D eigenvalue weighted by Gasteiger charge is -2.13. The van der Waals surface area contributed by atoms with Crippen molar-refractivity contribution in [3.63, 3.8) is 0 Å². The van der Waals surface area contributed by atoms with Crippen molar-refractivity contribution in [1.29, 1.82) is 0 Å². The maximum absolute atomic E-state index is 11.3. The monoisotopic (exact) mass is 238 g/mol. The molecule has 0 saturated carbocycles. The molecule has 0 aromatic carbocycles. The third-order valence-electron chi connectivity index (χ3n) is 2.82. The fourth-order valence-corrected chi connectivity index (χ4v) is 1.97. The zero-order valence-corrected chi connectivity index (χ0v) is 10.0. The molecule has 0 spiro atoms. The summed E-state index contributed by atoms with van der Waals surface area (Å²) in [4.78, 5) is 15.5. The Hall–Kier alpha value is -1.43. The van der Waals surface area contributed by atoms with Gasteiger partial charge in [0.25, 0.3) is 0 Å². The molecule has 17 heavy (non-hydrogen) atoms. The first-order valence-electron chi connectivity index (χ1n) is 6.03. The van der Waals surface area contributed by atoms with E-state index in [0.717, 1.165) is 25.9 Å². The van der Waals surface area contributed by atoms with Crippen molar-refractivity contribution < 1.29 is 9.32 Å². The SMILES string of the molecule is Cc1noc(CCNC2CCCNC(=O)C2)n1. The van der Waals surface area contributed by atoms with Crippen LogP contribution in [-0.2, 0) is 11.2 Å². The molecule has 2 rings (SSSR count). The summed E-state index contributed by atoms with van der Waals surface area (Å²) in [5, 5.41) is 9.96. The van der Waals surface area contributed by atoms with E-state index in [4.69, 9.17) is 4.52 Å². The van der Waals surface area contributed by atoms with Gasteiger partial charge in [-0.1, -0.05) is 5.16 Å². The van der Waals surface area contributed by atoms with Gasteiger partial charge in [0.1, 0.15) is 0 Å². The molecule has 1 aromatic heterocycles. The summed E-state index contributed by atoms with van der Waals surface area (Å²) < 4.78 is 5.02. The Morgan fingerprint density at radius 3 is 3.24 bits per heavy atom. The van der Waals surface area contributed by atoms with Crippen LogP contribution in [0.3, 0.4) is 0 Å². The molecule has 1 unspecified atom stereocenters. The highest BCUT2D eigenvalue weighted by Gasteiger charge is 2.16. The van der Waals surface area contributed by atoms with E-state index in [9.17, 15) is 4.79 Å². The quantitative estimate of drug-likeness (QED) is 0.782. The summed E-state index contributed by atoms with van der Waals surface area (Å²) in [6.07, 6.45) is 3.33. The third kappa shape index (κ3) is 3.81. The highest BCUT2D eigenvalue weighted by Crippen LogP contribution is 2.06. The first-order valence-corrected chi connectivity index (χ1v) is 6.03. The average molecular weight is 238 g/mol. The number of hydrogen-bond donors (Lipinski definition) is 2. The first kappa shape index (κ1) is 12.0. The van der Waals surface area contributed by atoms with E-state index in [-0.39, 0.29) is 11.9 Å². The van der Waals surface area contributed by atoms with Gasteiger partial charge in [-0.15, -0.1) is 0 Å². The number of aryl methyl sites for hydroxylation is 1. The number of hydrogen-bond acceptors (Lipinski definition) is 5. The molecule has 1 amide bonds. The zero-order valence-electron chi connectivity index (χ0n) is 10.0. The second-order valence-electron chi connectivity index (χ2n) is 4.33. The standard InChI is InChI=1S/C11H18N4O2/c1-8-14-11(17-15-8)4-6-12-9-3-2-5-13-10(16)7-9/h9,12H,2-7H2,1H3,(H,13,16). The minimum atomic E-state index is 0.133. The molecule has 1 atom stereocenters. The number of nitrogens with zero attached hydrogens (tertiary/aromatic N) is 2. The topological polar surface area (TPSA) is 80.0 Å². The largest absolute Gasteiger partial charge is 0.356 e. The van der Waals surface area contributed by atoms with Crippen molar-refractivity contribution in [2.45, 2.75) is 38.6 Å². The van der Waals surface area contributed by atoms with Crippen molar-refractivity contribution in [2.75, 3.05) is 13.1 Å². The fraction of sp³-hybridized carbons (Fsp3) is 0.727. The molecule has 1 aliphatic rings. The molecule has 0 radical (unpaired) electrons. The number of amides is 1. The van der Waals surface area contributed by atoms with Crippen LogP contribution in [-0.4, -0.2) is 35.2 Å². The van der Waals surface area contributed by atoms with E-state index in [1.807, 2.05) is 0 Å². The van der Waals surface area contributed by atoms with Gasteiger partial charge in [0.2, 0.25) is 11.8 Å². The lowest BCUT2D eigenvalue weighted by Crippen LogP contribution is -2.33. The van der Waals surface area contributed by atoms with Crippen molar-refractivity contribution in [1.82, 2.24) is 20.8 Å². The smallest absolute Gasteiger partial charge is 0.227 e. The number of carbonyl (C=O) groups excluding carboxylic acids is 1. The van der Waals surface area contributed by atoms with E-state index < -0.39 is 0 Å². The predicted molar refractivity (Wildman–Crippen MR) is 61.4 cm³/mol. The third-order valence-corrected chi connectivity index (χ3v) is 2.82. The molecule has 1 fully saturated rings. The van der Waals surface area contributed by atoms with Gasteiger partial charge < -0.3 is 15.2 Å². The number of aromatic nitrogens is 2. The summed E-state index contributed by atoms with van der Waals surface area (Å²) in [6.45, 7) is 3.36. The maximum Gasteiger partial charge on any atom is 0.227 e. The molecule has 0 bridgehead atoms.